The van der Waals surface area contributed by atoms with Gasteiger partial charge in [0, 0.05) is 12.6 Å². The Balaban J connectivity index is 1.77. The molecule has 3 rings (SSSR count). The molecule has 0 spiro atoms. The van der Waals surface area contributed by atoms with Gasteiger partial charge in [0.05, 0.1) is 10.2 Å². The minimum atomic E-state index is -0.0735. The summed E-state index contributed by atoms with van der Waals surface area (Å²) in [5, 5.41) is 3.78. The Kier molecular flexibility index (Phi) is 4.30. The number of hydrogen-bond acceptors (Lipinski definition) is 4. The summed E-state index contributed by atoms with van der Waals surface area (Å²) in [5.41, 5.74) is 3.87. The second-order valence-corrected chi connectivity index (χ2v) is 6.52. The molecule has 1 aromatic heterocycles. The third-order valence-corrected chi connectivity index (χ3v) is 4.75. The number of carbonyl (C=O) groups is 1. The number of amides is 1. The lowest BCUT2D eigenvalue weighted by molar-refractivity contribution is -0.114. The van der Waals surface area contributed by atoms with Crippen LogP contribution in [0.4, 0.5) is 5.69 Å². The van der Waals surface area contributed by atoms with Gasteiger partial charge in [-0.05, 0) is 49.2 Å². The number of nitrogens with zero attached hydrogens (tertiary/aromatic N) is 1. The van der Waals surface area contributed by atoms with Crippen LogP contribution in [0, 0.1) is 13.8 Å². The third-order valence-electron chi connectivity index (χ3n) is 3.74. The highest BCUT2D eigenvalue weighted by Gasteiger charge is 2.10. The van der Waals surface area contributed by atoms with Gasteiger partial charge < -0.3 is 10.1 Å². The molecule has 23 heavy (non-hydrogen) atoms. The highest BCUT2D eigenvalue weighted by Crippen LogP contribution is 2.29. The Morgan fingerprint density at radius 2 is 1.96 bits per heavy atom. The molecular weight excluding hydrogens is 308 g/mol. The van der Waals surface area contributed by atoms with Gasteiger partial charge in [0.1, 0.15) is 17.4 Å². The predicted molar refractivity (Wildman–Crippen MR) is 94.2 cm³/mol. The quantitative estimate of drug-likeness (QED) is 0.770. The fourth-order valence-corrected chi connectivity index (χ4v) is 3.28. The van der Waals surface area contributed by atoms with Crippen LogP contribution in [0.15, 0.2) is 36.4 Å². The molecule has 1 N–H and O–H groups in total. The fourth-order valence-electron chi connectivity index (χ4n) is 2.40. The van der Waals surface area contributed by atoms with Crippen LogP contribution in [0.25, 0.3) is 10.2 Å². The molecule has 0 saturated heterocycles. The molecule has 5 heteroatoms. The van der Waals surface area contributed by atoms with Gasteiger partial charge in [0.15, 0.2) is 0 Å². The van der Waals surface area contributed by atoms with Crippen LogP contribution in [0.5, 0.6) is 5.75 Å². The maximum Gasteiger partial charge on any atom is 0.221 e. The summed E-state index contributed by atoms with van der Waals surface area (Å²) in [5.74, 6) is 0.742. The van der Waals surface area contributed by atoms with Crippen LogP contribution in [-0.4, -0.2) is 10.9 Å². The van der Waals surface area contributed by atoms with Crippen molar-refractivity contribution in [2.75, 3.05) is 5.32 Å². The van der Waals surface area contributed by atoms with Crippen LogP contribution < -0.4 is 10.1 Å². The molecule has 4 nitrogen and oxygen atoms in total. The van der Waals surface area contributed by atoms with Gasteiger partial charge in [-0.25, -0.2) is 4.98 Å². The molecule has 0 fully saturated rings. The van der Waals surface area contributed by atoms with Crippen LogP contribution >= 0.6 is 11.3 Å². The van der Waals surface area contributed by atoms with Crippen LogP contribution in [0.3, 0.4) is 0 Å². The number of thiazole rings is 1. The van der Waals surface area contributed by atoms with Gasteiger partial charge in [0.25, 0.3) is 0 Å². The maximum absolute atomic E-state index is 11.2. The minimum Gasteiger partial charge on any atom is -0.486 e. The molecule has 2 aromatic carbocycles. The molecule has 0 atom stereocenters. The zero-order valence-electron chi connectivity index (χ0n) is 13.3. The third kappa shape index (κ3) is 3.35. The first kappa shape index (κ1) is 15.5. The largest absolute Gasteiger partial charge is 0.486 e. The zero-order valence-corrected chi connectivity index (χ0v) is 14.2. The van der Waals surface area contributed by atoms with Gasteiger partial charge >= 0.3 is 0 Å². The number of nitrogens with one attached hydrogen (secondary N) is 1. The number of para-hydroxylation sites is 1. The number of hydrogen-bond donors (Lipinski definition) is 1. The SMILES string of the molecule is CC(=O)Nc1ccc(OCc2nc3ccccc3s2)c(C)c1C. The highest BCUT2D eigenvalue weighted by molar-refractivity contribution is 7.18. The number of benzene rings is 2. The van der Waals surface area contributed by atoms with Crippen molar-refractivity contribution in [2.45, 2.75) is 27.4 Å². The number of rotatable bonds is 4. The standard InChI is InChI=1S/C18H18N2O2S/c1-11-12(2)16(9-8-14(11)19-13(3)21)22-10-18-20-15-6-4-5-7-17(15)23-18/h4-9H,10H2,1-3H3,(H,19,21). The second kappa shape index (κ2) is 6.38. The van der Waals surface area contributed by atoms with Crippen molar-refractivity contribution < 1.29 is 9.53 Å². The van der Waals surface area contributed by atoms with E-state index in [0.717, 1.165) is 33.1 Å². The predicted octanol–water partition coefficient (Wildman–Crippen LogP) is 4.45. The van der Waals surface area contributed by atoms with E-state index in [1.54, 1.807) is 11.3 Å². The minimum absolute atomic E-state index is 0.0735. The van der Waals surface area contributed by atoms with E-state index in [4.69, 9.17) is 4.74 Å². The molecule has 1 amide bonds. The van der Waals surface area contributed by atoms with E-state index < -0.39 is 0 Å². The van der Waals surface area contributed by atoms with Gasteiger partial charge in [-0.2, -0.15) is 0 Å². The van der Waals surface area contributed by atoms with E-state index >= 15 is 0 Å². The summed E-state index contributed by atoms with van der Waals surface area (Å²) >= 11 is 1.65. The van der Waals surface area contributed by atoms with Gasteiger partial charge in [-0.3, -0.25) is 4.79 Å². The number of ether oxygens (including phenoxy) is 1. The lowest BCUT2D eigenvalue weighted by atomic mass is 10.1. The van der Waals surface area contributed by atoms with Crippen molar-refractivity contribution in [1.29, 1.82) is 0 Å². The molecule has 0 radical (unpaired) electrons. The number of fused-ring (bicyclic) bond motifs is 1. The monoisotopic (exact) mass is 326 g/mol. The molecule has 0 aliphatic heterocycles. The van der Waals surface area contributed by atoms with Crippen molar-refractivity contribution in [3.8, 4) is 5.75 Å². The van der Waals surface area contributed by atoms with E-state index in [0.29, 0.717) is 6.61 Å². The van der Waals surface area contributed by atoms with E-state index in [9.17, 15) is 4.79 Å². The van der Waals surface area contributed by atoms with Gasteiger partial charge in [-0.1, -0.05) is 12.1 Å². The fraction of sp³-hybridized carbons (Fsp3) is 0.222. The molecule has 118 valence electrons. The Morgan fingerprint density at radius 1 is 1.17 bits per heavy atom. The van der Waals surface area contributed by atoms with E-state index in [2.05, 4.69) is 16.4 Å². The first-order chi connectivity index (χ1) is 11.0. The molecule has 0 saturated carbocycles. The number of anilines is 1. The summed E-state index contributed by atoms with van der Waals surface area (Å²) in [6.45, 7) is 5.92. The second-order valence-electron chi connectivity index (χ2n) is 5.41. The van der Waals surface area contributed by atoms with Gasteiger partial charge in [-0.15, -0.1) is 11.3 Å². The van der Waals surface area contributed by atoms with Crippen molar-refractivity contribution >= 4 is 33.1 Å². The summed E-state index contributed by atoms with van der Waals surface area (Å²) in [7, 11) is 0. The molecule has 0 bridgehead atoms. The molecule has 1 heterocycles. The summed E-state index contributed by atoms with van der Waals surface area (Å²) < 4.78 is 7.10. The average Bonchev–Trinajstić information content (AvgIpc) is 2.93. The zero-order chi connectivity index (χ0) is 16.4. The average molecular weight is 326 g/mol. The summed E-state index contributed by atoms with van der Waals surface area (Å²) in [6, 6.07) is 11.8. The Hall–Kier alpha value is -2.40. The Labute approximate surface area is 139 Å². The summed E-state index contributed by atoms with van der Waals surface area (Å²) in [4.78, 5) is 15.8. The lowest BCUT2D eigenvalue weighted by Gasteiger charge is -2.14. The van der Waals surface area contributed by atoms with Crippen LogP contribution in [0.1, 0.15) is 23.1 Å². The molecule has 0 aliphatic carbocycles. The maximum atomic E-state index is 11.2. The van der Waals surface area contributed by atoms with E-state index in [1.165, 1.54) is 11.6 Å². The van der Waals surface area contributed by atoms with Crippen molar-refractivity contribution in [2.24, 2.45) is 0 Å². The van der Waals surface area contributed by atoms with Crippen LogP contribution in [-0.2, 0) is 11.4 Å². The van der Waals surface area contributed by atoms with E-state index in [1.807, 2.05) is 44.2 Å². The van der Waals surface area contributed by atoms with E-state index in [-0.39, 0.29) is 5.91 Å². The van der Waals surface area contributed by atoms with Crippen molar-refractivity contribution in [3.05, 3.63) is 52.5 Å². The summed E-state index contributed by atoms with van der Waals surface area (Å²) in [6.07, 6.45) is 0. The molecule has 0 aliphatic rings. The van der Waals surface area contributed by atoms with Crippen LogP contribution in [0.2, 0.25) is 0 Å². The first-order valence-electron chi connectivity index (χ1n) is 7.39. The number of aromatic nitrogens is 1. The molecule has 3 aromatic rings. The van der Waals surface area contributed by atoms with Gasteiger partial charge in [0.2, 0.25) is 5.91 Å². The van der Waals surface area contributed by atoms with Crippen molar-refractivity contribution in [3.63, 3.8) is 0 Å². The first-order valence-corrected chi connectivity index (χ1v) is 8.21. The lowest BCUT2D eigenvalue weighted by Crippen LogP contribution is -2.08. The topological polar surface area (TPSA) is 51.2 Å². The molecule has 0 unspecified atom stereocenters. The normalized spacial score (nSPS) is 10.7. The highest BCUT2D eigenvalue weighted by atomic mass is 32.1. The Bertz CT molecular complexity index is 838. The number of carbonyl (C=O) groups excluding carboxylic acids is 1. The molecular formula is C18H18N2O2S. The Morgan fingerprint density at radius 3 is 2.70 bits per heavy atom. The van der Waals surface area contributed by atoms with Crippen molar-refractivity contribution in [1.82, 2.24) is 4.98 Å². The smallest absolute Gasteiger partial charge is 0.221 e.